The summed E-state index contributed by atoms with van der Waals surface area (Å²) in [5.41, 5.74) is -1.78. The van der Waals surface area contributed by atoms with E-state index >= 15 is 0 Å². The summed E-state index contributed by atoms with van der Waals surface area (Å²) < 4.78 is 13.5. The van der Waals surface area contributed by atoms with Crippen LogP contribution < -0.4 is 10.9 Å². The van der Waals surface area contributed by atoms with Crippen molar-refractivity contribution in [1.29, 1.82) is 0 Å². The lowest BCUT2D eigenvalue weighted by Gasteiger charge is -2.49. The summed E-state index contributed by atoms with van der Waals surface area (Å²) >= 11 is 0. The van der Waals surface area contributed by atoms with Gasteiger partial charge in [-0.25, -0.2) is 0 Å². The Kier molecular flexibility index (Phi) is 6.89. The zero-order valence-electron chi connectivity index (χ0n) is 20.3. The van der Waals surface area contributed by atoms with Crippen molar-refractivity contribution in [1.82, 2.24) is 9.88 Å². The lowest BCUT2D eigenvalue weighted by atomic mass is 9.67. The quantitative estimate of drug-likeness (QED) is 0.615. The standard InChI is InChI=1S/C25H38N2O5/c1-7-12-23(3,4)31-21(29)20-25(22(30)32-24(5,6)13-8-2)14-17(15-26-20)18-10-9-11-19(28)27(18)16-25/h9-11,17,20,26H,7-8,12-16H2,1-6H3/t17-,20?,25+/m1/s1. The van der Waals surface area contributed by atoms with Gasteiger partial charge in [-0.2, -0.15) is 0 Å². The number of nitrogens with zero attached hydrogens (tertiary/aromatic N) is 1. The van der Waals surface area contributed by atoms with Crippen LogP contribution in [0.3, 0.4) is 0 Å². The van der Waals surface area contributed by atoms with Gasteiger partial charge < -0.3 is 19.4 Å². The number of piperidine rings is 1. The van der Waals surface area contributed by atoms with Gasteiger partial charge in [-0.3, -0.25) is 14.4 Å². The fourth-order valence-corrected chi connectivity index (χ4v) is 5.36. The zero-order chi connectivity index (χ0) is 23.7. The molecule has 2 bridgehead atoms. The number of hydrogen-bond donors (Lipinski definition) is 1. The van der Waals surface area contributed by atoms with Gasteiger partial charge in [-0.05, 0) is 53.0 Å². The number of nitrogens with one attached hydrogen (secondary N) is 1. The summed E-state index contributed by atoms with van der Waals surface area (Å²) in [5, 5.41) is 3.29. The molecule has 2 aliphatic heterocycles. The Morgan fingerprint density at radius 2 is 1.72 bits per heavy atom. The highest BCUT2D eigenvalue weighted by Crippen LogP contribution is 2.46. The molecule has 1 N–H and O–H groups in total. The lowest BCUT2D eigenvalue weighted by Crippen LogP contribution is -2.66. The first-order valence-corrected chi connectivity index (χ1v) is 11.8. The maximum atomic E-state index is 13.8. The zero-order valence-corrected chi connectivity index (χ0v) is 20.3. The lowest BCUT2D eigenvalue weighted by molar-refractivity contribution is -0.186. The number of fused-ring (bicyclic) bond motifs is 4. The minimum Gasteiger partial charge on any atom is -0.459 e. The van der Waals surface area contributed by atoms with E-state index in [4.69, 9.17) is 9.47 Å². The molecule has 0 spiro atoms. The van der Waals surface area contributed by atoms with Crippen molar-refractivity contribution in [3.63, 3.8) is 0 Å². The van der Waals surface area contributed by atoms with E-state index in [0.717, 1.165) is 25.0 Å². The Morgan fingerprint density at radius 3 is 2.34 bits per heavy atom. The van der Waals surface area contributed by atoms with Gasteiger partial charge in [0.15, 0.2) is 0 Å². The van der Waals surface area contributed by atoms with Gasteiger partial charge in [0.1, 0.15) is 22.7 Å². The summed E-state index contributed by atoms with van der Waals surface area (Å²) in [4.78, 5) is 39.9. The SMILES string of the molecule is CCCC(C)(C)OC(=O)C1NC[C@H]2C[C@]1(C(=O)OC(C)(C)CCC)Cn1c2cccc1=O. The fraction of sp³-hybridized carbons (Fsp3) is 0.720. The smallest absolute Gasteiger partial charge is 0.324 e. The summed E-state index contributed by atoms with van der Waals surface area (Å²) in [7, 11) is 0. The van der Waals surface area contributed by atoms with Gasteiger partial charge in [0.25, 0.3) is 5.56 Å². The van der Waals surface area contributed by atoms with Crippen LogP contribution in [0, 0.1) is 5.41 Å². The molecule has 3 rings (SSSR count). The van der Waals surface area contributed by atoms with Crippen LogP contribution in [0.25, 0.3) is 0 Å². The number of carbonyl (C=O) groups is 2. The van der Waals surface area contributed by atoms with E-state index in [1.807, 2.05) is 47.6 Å². The van der Waals surface area contributed by atoms with Gasteiger partial charge >= 0.3 is 11.9 Å². The molecule has 0 aliphatic carbocycles. The predicted molar refractivity (Wildman–Crippen MR) is 122 cm³/mol. The highest BCUT2D eigenvalue weighted by atomic mass is 16.6. The Balaban J connectivity index is 2.02. The minimum atomic E-state index is -1.20. The van der Waals surface area contributed by atoms with Crippen molar-refractivity contribution < 1.29 is 19.1 Å². The van der Waals surface area contributed by atoms with E-state index in [0.29, 0.717) is 19.4 Å². The first-order chi connectivity index (χ1) is 14.9. The fourth-order valence-electron chi connectivity index (χ4n) is 5.36. The van der Waals surface area contributed by atoms with Gasteiger partial charge in [-0.1, -0.05) is 32.8 Å². The summed E-state index contributed by atoms with van der Waals surface area (Å²) in [6, 6.07) is 4.29. The van der Waals surface area contributed by atoms with Crippen molar-refractivity contribution in [3.05, 3.63) is 34.2 Å². The van der Waals surface area contributed by atoms with Crippen LogP contribution in [-0.2, 0) is 25.6 Å². The number of esters is 2. The molecule has 3 atom stereocenters. The molecule has 7 heteroatoms. The van der Waals surface area contributed by atoms with Crippen LogP contribution in [0.1, 0.15) is 85.3 Å². The van der Waals surface area contributed by atoms with Gasteiger partial charge in [-0.15, -0.1) is 0 Å². The normalized spacial score (nSPS) is 25.1. The highest BCUT2D eigenvalue weighted by Gasteiger charge is 2.59. The Morgan fingerprint density at radius 1 is 1.09 bits per heavy atom. The van der Waals surface area contributed by atoms with E-state index in [1.54, 1.807) is 10.6 Å². The summed E-state index contributed by atoms with van der Waals surface area (Å²) in [5.74, 6) is -0.962. The van der Waals surface area contributed by atoms with Crippen molar-refractivity contribution in [2.45, 2.75) is 103 Å². The Bertz CT molecular complexity index is 919. The minimum absolute atomic E-state index is 0.0628. The molecule has 32 heavy (non-hydrogen) atoms. The third kappa shape index (κ3) is 4.77. The highest BCUT2D eigenvalue weighted by molar-refractivity contribution is 5.89. The number of aromatic nitrogens is 1. The van der Waals surface area contributed by atoms with Gasteiger partial charge in [0, 0.05) is 30.8 Å². The summed E-state index contributed by atoms with van der Waals surface area (Å²) in [6.45, 7) is 12.2. The van der Waals surface area contributed by atoms with Crippen LogP contribution in [0.2, 0.25) is 0 Å². The molecular weight excluding hydrogens is 408 g/mol. The van der Waals surface area contributed by atoms with Crippen LogP contribution in [-0.4, -0.2) is 40.3 Å². The molecule has 1 fully saturated rings. The summed E-state index contributed by atoms with van der Waals surface area (Å²) in [6.07, 6.45) is 3.62. The molecule has 3 heterocycles. The number of carbonyl (C=O) groups excluding carboxylic acids is 2. The first kappa shape index (κ1) is 24.5. The van der Waals surface area contributed by atoms with Crippen molar-refractivity contribution in [2.75, 3.05) is 6.54 Å². The maximum absolute atomic E-state index is 13.8. The van der Waals surface area contributed by atoms with Crippen molar-refractivity contribution in [3.8, 4) is 0 Å². The van der Waals surface area contributed by atoms with E-state index in [2.05, 4.69) is 5.32 Å². The van der Waals surface area contributed by atoms with Crippen LogP contribution in [0.15, 0.2) is 23.0 Å². The first-order valence-electron chi connectivity index (χ1n) is 11.8. The molecule has 1 saturated heterocycles. The molecule has 0 amide bonds. The molecule has 1 aromatic rings. The number of rotatable bonds is 8. The molecule has 7 nitrogen and oxygen atoms in total. The average Bonchev–Trinajstić information content (AvgIpc) is 2.68. The molecule has 1 aromatic heterocycles. The Labute approximate surface area is 190 Å². The van der Waals surface area contributed by atoms with Crippen molar-refractivity contribution in [2.24, 2.45) is 5.41 Å². The second-order valence-electron chi connectivity index (χ2n) is 10.6. The molecule has 0 aromatic carbocycles. The van der Waals surface area contributed by atoms with E-state index in [-0.39, 0.29) is 18.0 Å². The van der Waals surface area contributed by atoms with E-state index < -0.39 is 34.6 Å². The van der Waals surface area contributed by atoms with Crippen LogP contribution >= 0.6 is 0 Å². The third-order valence-corrected chi connectivity index (χ3v) is 6.77. The number of pyridine rings is 1. The molecule has 178 valence electrons. The van der Waals surface area contributed by atoms with Crippen molar-refractivity contribution >= 4 is 11.9 Å². The van der Waals surface area contributed by atoms with Crippen LogP contribution in [0.4, 0.5) is 0 Å². The molecule has 0 radical (unpaired) electrons. The second-order valence-corrected chi connectivity index (χ2v) is 10.6. The number of hydrogen-bond acceptors (Lipinski definition) is 6. The second kappa shape index (κ2) is 9.00. The monoisotopic (exact) mass is 446 g/mol. The molecular formula is C25H38N2O5. The van der Waals surface area contributed by atoms with Crippen LogP contribution in [0.5, 0.6) is 0 Å². The average molecular weight is 447 g/mol. The van der Waals surface area contributed by atoms with Gasteiger partial charge in [0.05, 0.1) is 0 Å². The predicted octanol–water partition coefficient (Wildman–Crippen LogP) is 3.54. The number of ether oxygens (including phenoxy) is 2. The van der Waals surface area contributed by atoms with Gasteiger partial charge in [0.2, 0.25) is 0 Å². The largest absolute Gasteiger partial charge is 0.459 e. The molecule has 1 unspecified atom stereocenters. The van der Waals surface area contributed by atoms with E-state index in [9.17, 15) is 14.4 Å². The van der Waals surface area contributed by atoms with E-state index in [1.165, 1.54) is 6.07 Å². The third-order valence-electron chi connectivity index (χ3n) is 6.77. The Hall–Kier alpha value is -2.15. The topological polar surface area (TPSA) is 86.6 Å². The maximum Gasteiger partial charge on any atom is 0.324 e. The molecule has 0 saturated carbocycles. The molecule has 2 aliphatic rings.